The molecule has 7 heteroatoms. The number of aliphatic imine (C=N–C) groups is 1. The van der Waals surface area contributed by atoms with Gasteiger partial charge in [0.15, 0.2) is 0 Å². The number of nitro benzene ring substituents is 1. The third-order valence-electron chi connectivity index (χ3n) is 2.46. The topological polar surface area (TPSA) is 78.6 Å². The lowest BCUT2D eigenvalue weighted by Gasteiger charge is -2.08. The summed E-state index contributed by atoms with van der Waals surface area (Å²) in [6, 6.07) is 8.57. The Morgan fingerprint density at radius 3 is 2.65 bits per heavy atom. The highest BCUT2D eigenvalue weighted by molar-refractivity contribution is 9.10. The average molecular weight is 355 g/mol. The van der Waals surface area contributed by atoms with Crippen LogP contribution in [0.4, 0.5) is 11.4 Å². The second-order valence-electron chi connectivity index (χ2n) is 3.83. The smallest absolute Gasteiger partial charge is 0.270 e. The molecule has 2 rings (SSSR count). The Morgan fingerprint density at radius 2 is 2.00 bits per heavy atom. The molecule has 102 valence electrons. The van der Waals surface area contributed by atoms with Crippen LogP contribution in [0.2, 0.25) is 5.02 Å². The summed E-state index contributed by atoms with van der Waals surface area (Å²) in [7, 11) is 0. The number of non-ortho nitro benzene ring substituents is 1. The van der Waals surface area contributed by atoms with Crippen LogP contribution in [-0.4, -0.2) is 11.1 Å². The van der Waals surface area contributed by atoms with Gasteiger partial charge >= 0.3 is 0 Å². The number of rotatable bonds is 3. The lowest BCUT2D eigenvalue weighted by Crippen LogP contribution is -1.98. The zero-order valence-electron chi connectivity index (χ0n) is 9.92. The summed E-state index contributed by atoms with van der Waals surface area (Å²) in [4.78, 5) is 14.2. The maximum Gasteiger partial charge on any atom is 0.270 e. The molecule has 0 fully saturated rings. The van der Waals surface area contributed by atoms with Crippen molar-refractivity contribution < 1.29 is 10.0 Å². The fraction of sp³-hybridized carbons (Fsp3) is 0. The minimum absolute atomic E-state index is 0.137. The first-order valence-corrected chi connectivity index (χ1v) is 6.59. The van der Waals surface area contributed by atoms with E-state index >= 15 is 0 Å². The van der Waals surface area contributed by atoms with Crippen molar-refractivity contribution in [3.05, 3.63) is 61.6 Å². The third kappa shape index (κ3) is 3.34. The minimum atomic E-state index is -0.566. The molecular weight excluding hydrogens is 348 g/mol. The van der Waals surface area contributed by atoms with Crippen LogP contribution < -0.4 is 5.11 Å². The molecule has 2 aromatic carbocycles. The van der Waals surface area contributed by atoms with Crippen molar-refractivity contribution in [2.24, 2.45) is 4.99 Å². The third-order valence-corrected chi connectivity index (χ3v) is 3.25. The Labute approximate surface area is 127 Å². The molecule has 0 N–H and O–H groups in total. The van der Waals surface area contributed by atoms with Crippen LogP contribution in [0.5, 0.6) is 5.75 Å². The monoisotopic (exact) mass is 353 g/mol. The van der Waals surface area contributed by atoms with Gasteiger partial charge in [-0.25, -0.2) is 0 Å². The molecule has 0 unspecified atom stereocenters. The molecule has 0 aliphatic heterocycles. The van der Waals surface area contributed by atoms with Crippen molar-refractivity contribution in [2.45, 2.75) is 0 Å². The summed E-state index contributed by atoms with van der Waals surface area (Å²) in [5.74, 6) is -0.340. The van der Waals surface area contributed by atoms with Crippen LogP contribution in [0, 0.1) is 10.1 Å². The lowest BCUT2D eigenvalue weighted by atomic mass is 10.2. The largest absolute Gasteiger partial charge is 0.872 e. The maximum atomic E-state index is 11.6. The van der Waals surface area contributed by atoms with E-state index in [1.807, 2.05) is 0 Å². The van der Waals surface area contributed by atoms with E-state index in [2.05, 4.69) is 20.9 Å². The second-order valence-corrected chi connectivity index (χ2v) is 5.16. The van der Waals surface area contributed by atoms with E-state index in [-0.39, 0.29) is 17.0 Å². The summed E-state index contributed by atoms with van der Waals surface area (Å²) >= 11 is 9.26. The fourth-order valence-electron chi connectivity index (χ4n) is 1.48. The summed E-state index contributed by atoms with van der Waals surface area (Å²) in [6.07, 6.45) is 1.27. The molecule has 0 aliphatic carbocycles. The molecule has 0 radical (unpaired) electrons. The van der Waals surface area contributed by atoms with Gasteiger partial charge in [0, 0.05) is 22.8 Å². The maximum absolute atomic E-state index is 11.6. The average Bonchev–Trinajstić information content (AvgIpc) is 2.39. The Morgan fingerprint density at radius 1 is 1.25 bits per heavy atom. The van der Waals surface area contributed by atoms with Crippen molar-refractivity contribution >= 4 is 45.1 Å². The highest BCUT2D eigenvalue weighted by Crippen LogP contribution is 2.28. The lowest BCUT2D eigenvalue weighted by molar-refractivity contribution is -0.385. The molecule has 2 aromatic rings. The zero-order valence-corrected chi connectivity index (χ0v) is 12.3. The second kappa shape index (κ2) is 6.02. The van der Waals surface area contributed by atoms with Crippen LogP contribution in [-0.2, 0) is 0 Å². The van der Waals surface area contributed by atoms with Gasteiger partial charge in [-0.15, -0.1) is 0 Å². The quantitative estimate of drug-likeness (QED) is 0.477. The molecule has 0 saturated heterocycles. The predicted octanol–water partition coefficient (Wildman–Crippen LogP) is 3.83. The van der Waals surface area contributed by atoms with Gasteiger partial charge in [-0.3, -0.25) is 15.1 Å². The molecule has 0 spiro atoms. The van der Waals surface area contributed by atoms with Gasteiger partial charge in [-0.2, -0.15) is 0 Å². The van der Waals surface area contributed by atoms with E-state index in [1.165, 1.54) is 12.3 Å². The molecular formula is C13H7BrClN2O3-. The number of hydrogen-bond donors (Lipinski definition) is 0. The van der Waals surface area contributed by atoms with Crippen LogP contribution >= 0.6 is 27.5 Å². The highest BCUT2D eigenvalue weighted by atomic mass is 79.9. The summed E-state index contributed by atoms with van der Waals surface area (Å²) in [5.41, 5.74) is 0.451. The first-order chi connectivity index (χ1) is 9.47. The standard InChI is InChI=1S/C13H8BrClN2O3/c14-9-1-3-12(11(15)6-9)16-7-8-5-10(17(19)20)2-4-13(8)18/h1-7,18H/p-1. The highest BCUT2D eigenvalue weighted by Gasteiger charge is 2.05. The Balaban J connectivity index is 2.35. The zero-order chi connectivity index (χ0) is 14.7. The first-order valence-electron chi connectivity index (χ1n) is 5.42. The normalized spacial score (nSPS) is 10.9. The van der Waals surface area contributed by atoms with Gasteiger partial charge in [-0.1, -0.05) is 39.3 Å². The predicted molar refractivity (Wildman–Crippen MR) is 78.9 cm³/mol. The van der Waals surface area contributed by atoms with Crippen molar-refractivity contribution in [2.75, 3.05) is 0 Å². The Bertz CT molecular complexity index is 704. The van der Waals surface area contributed by atoms with E-state index in [9.17, 15) is 15.2 Å². The number of halogens is 2. The van der Waals surface area contributed by atoms with Gasteiger partial charge in [0.1, 0.15) is 0 Å². The van der Waals surface area contributed by atoms with Crippen molar-refractivity contribution in [1.29, 1.82) is 0 Å². The van der Waals surface area contributed by atoms with Gasteiger partial charge < -0.3 is 5.11 Å². The number of hydrogen-bond acceptors (Lipinski definition) is 4. The van der Waals surface area contributed by atoms with Crippen molar-refractivity contribution in [1.82, 2.24) is 0 Å². The van der Waals surface area contributed by atoms with Gasteiger partial charge in [0.25, 0.3) is 5.69 Å². The van der Waals surface area contributed by atoms with Crippen LogP contribution in [0.3, 0.4) is 0 Å². The summed E-state index contributed by atoms with van der Waals surface area (Å²) in [5, 5.41) is 22.7. The van der Waals surface area contributed by atoms with Gasteiger partial charge in [0.2, 0.25) is 0 Å². The molecule has 0 aromatic heterocycles. The number of nitro groups is 1. The molecule has 5 nitrogen and oxygen atoms in total. The minimum Gasteiger partial charge on any atom is -0.872 e. The van der Waals surface area contributed by atoms with Crippen LogP contribution in [0.1, 0.15) is 5.56 Å². The van der Waals surface area contributed by atoms with Crippen molar-refractivity contribution in [3.8, 4) is 5.75 Å². The van der Waals surface area contributed by atoms with Crippen molar-refractivity contribution in [3.63, 3.8) is 0 Å². The van der Waals surface area contributed by atoms with Crippen LogP contribution in [0.15, 0.2) is 45.9 Å². The van der Waals surface area contributed by atoms with E-state index in [0.717, 1.165) is 16.6 Å². The van der Waals surface area contributed by atoms with Crippen LogP contribution in [0.25, 0.3) is 0 Å². The summed E-state index contributed by atoms with van der Waals surface area (Å²) in [6.45, 7) is 0. The Hall–Kier alpha value is -1.92. The molecule has 0 atom stereocenters. The molecule has 0 bridgehead atoms. The van der Waals surface area contributed by atoms with Gasteiger partial charge in [0.05, 0.1) is 15.6 Å². The molecule has 0 saturated carbocycles. The summed E-state index contributed by atoms with van der Waals surface area (Å²) < 4.78 is 0.807. The van der Waals surface area contributed by atoms with E-state index in [0.29, 0.717) is 10.7 Å². The number of nitrogens with zero attached hydrogens (tertiary/aromatic N) is 2. The van der Waals surface area contributed by atoms with E-state index < -0.39 is 4.92 Å². The molecule has 0 aliphatic rings. The SMILES string of the molecule is O=[N+]([O-])c1ccc([O-])c(C=Nc2ccc(Br)cc2Cl)c1. The van der Waals surface area contributed by atoms with Gasteiger partial charge in [-0.05, 0) is 23.8 Å². The first kappa shape index (κ1) is 14.5. The van der Waals surface area contributed by atoms with E-state index in [1.54, 1.807) is 18.2 Å². The van der Waals surface area contributed by atoms with E-state index in [4.69, 9.17) is 11.6 Å². The fourth-order valence-corrected chi connectivity index (χ4v) is 2.20. The molecule has 0 amide bonds. The molecule has 20 heavy (non-hydrogen) atoms. The number of benzene rings is 2. The molecule has 0 heterocycles. The Kier molecular flexibility index (Phi) is 4.36.